The van der Waals surface area contributed by atoms with E-state index in [0.717, 1.165) is 16.7 Å². The molecule has 0 aliphatic rings. The lowest BCUT2D eigenvalue weighted by atomic mass is 10.0. The van der Waals surface area contributed by atoms with Crippen LogP contribution in [-0.2, 0) is 16.6 Å². The van der Waals surface area contributed by atoms with Crippen molar-refractivity contribution in [3.05, 3.63) is 114 Å². The van der Waals surface area contributed by atoms with Crippen molar-refractivity contribution in [2.45, 2.75) is 11.4 Å². The van der Waals surface area contributed by atoms with Gasteiger partial charge in [-0.1, -0.05) is 66.7 Å². The molecule has 4 aromatic rings. The molecular weight excluding hydrogens is 448 g/mol. The third kappa shape index (κ3) is 5.51. The number of methoxy groups -OCH3 is 1. The third-order valence-corrected chi connectivity index (χ3v) is 6.70. The van der Waals surface area contributed by atoms with Crippen LogP contribution in [0.1, 0.15) is 15.9 Å². The summed E-state index contributed by atoms with van der Waals surface area (Å²) in [5.41, 5.74) is 3.54. The summed E-state index contributed by atoms with van der Waals surface area (Å²) in [5.74, 6) is 0.306. The number of amides is 1. The summed E-state index contributed by atoms with van der Waals surface area (Å²) in [5, 5.41) is 2.86. The van der Waals surface area contributed by atoms with Crippen LogP contribution >= 0.6 is 0 Å². The number of carbonyl (C=O) groups excluding carboxylic acids is 1. The summed E-state index contributed by atoms with van der Waals surface area (Å²) in [7, 11) is -2.10. The lowest BCUT2D eigenvalue weighted by Crippen LogP contribution is -2.23. The average molecular weight is 473 g/mol. The molecule has 4 aromatic carbocycles. The molecule has 6 nitrogen and oxygen atoms in total. The second-order valence-electron chi connectivity index (χ2n) is 7.57. The summed E-state index contributed by atoms with van der Waals surface area (Å²) in [6.07, 6.45) is 0. The van der Waals surface area contributed by atoms with E-state index in [2.05, 4.69) is 10.0 Å². The van der Waals surface area contributed by atoms with E-state index < -0.39 is 10.0 Å². The fourth-order valence-electron chi connectivity index (χ4n) is 3.47. The van der Waals surface area contributed by atoms with Crippen LogP contribution in [0.4, 0.5) is 5.69 Å². The summed E-state index contributed by atoms with van der Waals surface area (Å²) in [4.78, 5) is 13.0. The van der Waals surface area contributed by atoms with Gasteiger partial charge in [0, 0.05) is 12.1 Å². The van der Waals surface area contributed by atoms with Crippen molar-refractivity contribution in [2.75, 3.05) is 12.4 Å². The molecule has 0 unspecified atom stereocenters. The molecule has 2 N–H and O–H groups in total. The van der Waals surface area contributed by atoms with E-state index in [0.29, 0.717) is 17.0 Å². The summed E-state index contributed by atoms with van der Waals surface area (Å²) in [6, 6.07) is 30.3. The fourth-order valence-corrected chi connectivity index (χ4v) is 4.48. The van der Waals surface area contributed by atoms with Gasteiger partial charge in [0.15, 0.2) is 0 Å². The van der Waals surface area contributed by atoms with Gasteiger partial charge in [0.2, 0.25) is 10.0 Å². The highest BCUT2D eigenvalue weighted by Gasteiger charge is 2.15. The summed E-state index contributed by atoms with van der Waals surface area (Å²) < 4.78 is 33.2. The van der Waals surface area contributed by atoms with Gasteiger partial charge in [-0.25, -0.2) is 13.1 Å². The van der Waals surface area contributed by atoms with Gasteiger partial charge in [0.25, 0.3) is 5.91 Å². The van der Waals surface area contributed by atoms with E-state index >= 15 is 0 Å². The topological polar surface area (TPSA) is 84.5 Å². The van der Waals surface area contributed by atoms with Crippen molar-refractivity contribution >= 4 is 21.6 Å². The monoisotopic (exact) mass is 472 g/mol. The molecule has 0 radical (unpaired) electrons. The van der Waals surface area contributed by atoms with Crippen molar-refractivity contribution in [3.8, 4) is 16.9 Å². The van der Waals surface area contributed by atoms with Gasteiger partial charge in [-0.05, 0) is 53.1 Å². The molecular formula is C27H24N2O4S. The number of nitrogens with one attached hydrogen (secondary N) is 2. The first-order valence-corrected chi connectivity index (χ1v) is 12.1. The second-order valence-corrected chi connectivity index (χ2v) is 9.34. The maximum absolute atomic E-state index is 12.8. The van der Waals surface area contributed by atoms with Crippen LogP contribution in [0.5, 0.6) is 5.75 Å². The van der Waals surface area contributed by atoms with Crippen LogP contribution in [0, 0.1) is 0 Å². The highest BCUT2D eigenvalue weighted by molar-refractivity contribution is 7.89. The Hall–Kier alpha value is -3.94. The largest absolute Gasteiger partial charge is 0.495 e. The number of hydrogen-bond acceptors (Lipinski definition) is 4. The quantitative estimate of drug-likeness (QED) is 0.374. The number of ether oxygens (including phenoxy) is 1. The number of carbonyl (C=O) groups is 1. The van der Waals surface area contributed by atoms with Crippen LogP contribution in [0.15, 0.2) is 108 Å². The highest BCUT2D eigenvalue weighted by atomic mass is 32.2. The molecule has 0 fully saturated rings. The number of anilines is 1. The van der Waals surface area contributed by atoms with Gasteiger partial charge in [0.05, 0.1) is 17.7 Å². The molecule has 0 atom stereocenters. The molecule has 7 heteroatoms. The Balaban J connectivity index is 1.48. The van der Waals surface area contributed by atoms with E-state index in [1.165, 1.54) is 0 Å². The third-order valence-electron chi connectivity index (χ3n) is 5.29. The van der Waals surface area contributed by atoms with Gasteiger partial charge in [-0.2, -0.15) is 0 Å². The Bertz CT molecular complexity index is 1390. The molecule has 34 heavy (non-hydrogen) atoms. The van der Waals surface area contributed by atoms with Gasteiger partial charge < -0.3 is 10.1 Å². The Kier molecular flexibility index (Phi) is 7.06. The zero-order chi connectivity index (χ0) is 24.0. The van der Waals surface area contributed by atoms with Gasteiger partial charge in [-0.15, -0.1) is 0 Å². The molecule has 0 aliphatic heterocycles. The molecule has 1 amide bonds. The minimum atomic E-state index is -3.65. The van der Waals surface area contributed by atoms with Gasteiger partial charge >= 0.3 is 0 Å². The van der Waals surface area contributed by atoms with Gasteiger partial charge in [0.1, 0.15) is 5.75 Å². The van der Waals surface area contributed by atoms with Crippen LogP contribution in [0.25, 0.3) is 11.1 Å². The zero-order valence-corrected chi connectivity index (χ0v) is 19.4. The molecule has 0 saturated heterocycles. The SMILES string of the molecule is COc1ccccc1NC(=O)c1cccc(-c2ccc(S(=O)(=O)NCc3ccccc3)cc2)c1. The standard InChI is InChI=1S/C27H24N2O4S/c1-33-26-13-6-5-12-25(26)29-27(30)23-11-7-10-22(18-23)21-14-16-24(17-15-21)34(31,32)28-19-20-8-3-2-4-9-20/h2-18,28H,19H2,1H3,(H,29,30). The Morgan fingerprint density at radius 1 is 0.794 bits per heavy atom. The molecule has 0 heterocycles. The molecule has 0 spiro atoms. The van der Waals surface area contributed by atoms with E-state index in [1.54, 1.807) is 61.7 Å². The number of benzene rings is 4. The van der Waals surface area contributed by atoms with E-state index in [-0.39, 0.29) is 17.3 Å². The smallest absolute Gasteiger partial charge is 0.255 e. The normalized spacial score (nSPS) is 11.1. The minimum Gasteiger partial charge on any atom is -0.495 e. The molecule has 0 aliphatic carbocycles. The predicted octanol–water partition coefficient (Wildman–Crippen LogP) is 5.09. The first-order valence-electron chi connectivity index (χ1n) is 10.6. The van der Waals surface area contributed by atoms with Crippen molar-refractivity contribution in [1.29, 1.82) is 0 Å². The number of hydrogen-bond donors (Lipinski definition) is 2. The number of rotatable bonds is 8. The molecule has 0 bridgehead atoms. The van der Waals surface area contributed by atoms with E-state index in [4.69, 9.17) is 4.74 Å². The van der Waals surface area contributed by atoms with Crippen LogP contribution in [0.2, 0.25) is 0 Å². The van der Waals surface area contributed by atoms with Crippen molar-refractivity contribution in [3.63, 3.8) is 0 Å². The minimum absolute atomic E-state index is 0.178. The predicted molar refractivity (Wildman–Crippen MR) is 133 cm³/mol. The zero-order valence-electron chi connectivity index (χ0n) is 18.6. The Morgan fingerprint density at radius 2 is 1.50 bits per heavy atom. The van der Waals surface area contributed by atoms with Crippen LogP contribution in [0.3, 0.4) is 0 Å². The van der Waals surface area contributed by atoms with Crippen LogP contribution in [-0.4, -0.2) is 21.4 Å². The van der Waals surface area contributed by atoms with E-state index in [1.807, 2.05) is 48.5 Å². The average Bonchev–Trinajstić information content (AvgIpc) is 2.88. The van der Waals surface area contributed by atoms with Crippen molar-refractivity contribution in [2.24, 2.45) is 0 Å². The lowest BCUT2D eigenvalue weighted by Gasteiger charge is -2.11. The van der Waals surface area contributed by atoms with Crippen molar-refractivity contribution in [1.82, 2.24) is 4.72 Å². The maximum atomic E-state index is 12.8. The highest BCUT2D eigenvalue weighted by Crippen LogP contribution is 2.26. The molecule has 0 saturated carbocycles. The lowest BCUT2D eigenvalue weighted by molar-refractivity contribution is 0.102. The summed E-state index contributed by atoms with van der Waals surface area (Å²) >= 11 is 0. The maximum Gasteiger partial charge on any atom is 0.255 e. The Morgan fingerprint density at radius 3 is 2.24 bits per heavy atom. The first-order chi connectivity index (χ1) is 16.5. The Labute approximate surface area is 199 Å². The molecule has 4 rings (SSSR count). The summed E-state index contributed by atoms with van der Waals surface area (Å²) in [6.45, 7) is 0.217. The molecule has 172 valence electrons. The number of sulfonamides is 1. The fraction of sp³-hybridized carbons (Fsp3) is 0.0741. The van der Waals surface area contributed by atoms with Crippen molar-refractivity contribution < 1.29 is 17.9 Å². The molecule has 0 aromatic heterocycles. The van der Waals surface area contributed by atoms with E-state index in [9.17, 15) is 13.2 Å². The van der Waals surface area contributed by atoms with Gasteiger partial charge in [-0.3, -0.25) is 4.79 Å². The van der Waals surface area contributed by atoms with Crippen LogP contribution < -0.4 is 14.8 Å². The second kappa shape index (κ2) is 10.3. The first kappa shape index (κ1) is 23.2. The number of para-hydroxylation sites is 2.